The van der Waals surface area contributed by atoms with Crippen LogP contribution in [0.1, 0.15) is 28.1 Å². The van der Waals surface area contributed by atoms with E-state index in [1.54, 1.807) is 35.6 Å². The van der Waals surface area contributed by atoms with Gasteiger partial charge in [0, 0.05) is 21.9 Å². The van der Waals surface area contributed by atoms with Crippen LogP contribution in [0.5, 0.6) is 0 Å². The number of carbonyl (C=O) groups excluding carboxylic acids is 2. The molecular weight excluding hydrogens is 388 g/mol. The van der Waals surface area contributed by atoms with Crippen LogP contribution in [-0.4, -0.2) is 11.8 Å². The number of hydrogen-bond donors (Lipinski definition) is 2. The van der Waals surface area contributed by atoms with E-state index in [0.717, 1.165) is 16.6 Å². The summed E-state index contributed by atoms with van der Waals surface area (Å²) in [5, 5.41) is 0.556. The van der Waals surface area contributed by atoms with Crippen LogP contribution in [-0.2, 0) is 11.2 Å². The number of benzene rings is 1. The number of nitrogens with one attached hydrogen (secondary N) is 2. The second-order valence-electron chi connectivity index (χ2n) is 4.57. The highest BCUT2D eigenvalue weighted by molar-refractivity contribution is 9.11. The maximum atomic E-state index is 11.8. The predicted molar refractivity (Wildman–Crippen MR) is 92.0 cm³/mol. The van der Waals surface area contributed by atoms with E-state index in [9.17, 15) is 9.59 Å². The van der Waals surface area contributed by atoms with Crippen LogP contribution in [0.3, 0.4) is 0 Å². The molecule has 4 nitrogen and oxygen atoms in total. The number of hydrogen-bond acceptors (Lipinski definition) is 3. The summed E-state index contributed by atoms with van der Waals surface area (Å²) in [6.45, 7) is 0. The fourth-order valence-electron chi connectivity index (χ4n) is 1.77. The highest BCUT2D eigenvalue weighted by Crippen LogP contribution is 2.23. The van der Waals surface area contributed by atoms with Crippen molar-refractivity contribution in [1.82, 2.24) is 10.9 Å². The van der Waals surface area contributed by atoms with Crippen molar-refractivity contribution < 1.29 is 9.59 Å². The molecule has 2 N–H and O–H groups in total. The molecule has 0 atom stereocenters. The Morgan fingerprint density at radius 3 is 2.45 bits per heavy atom. The first-order valence-corrected chi connectivity index (χ1v) is 8.62. The van der Waals surface area contributed by atoms with Gasteiger partial charge in [0.15, 0.2) is 0 Å². The van der Waals surface area contributed by atoms with Crippen LogP contribution in [0.15, 0.2) is 40.2 Å². The van der Waals surface area contributed by atoms with Gasteiger partial charge in [0.1, 0.15) is 0 Å². The van der Waals surface area contributed by atoms with Gasteiger partial charge in [0.2, 0.25) is 5.91 Å². The molecule has 2 aromatic rings. The Balaban J connectivity index is 1.68. The van der Waals surface area contributed by atoms with Gasteiger partial charge in [-0.25, -0.2) is 0 Å². The van der Waals surface area contributed by atoms with Crippen molar-refractivity contribution in [2.75, 3.05) is 0 Å². The largest absolute Gasteiger partial charge is 0.273 e. The first-order valence-electron chi connectivity index (χ1n) is 6.63. The third kappa shape index (κ3) is 5.44. The van der Waals surface area contributed by atoms with Crippen molar-refractivity contribution in [3.05, 3.63) is 55.6 Å². The number of amides is 2. The van der Waals surface area contributed by atoms with Crippen molar-refractivity contribution >= 4 is 50.7 Å². The minimum Gasteiger partial charge on any atom is -0.273 e. The molecule has 0 fully saturated rings. The Morgan fingerprint density at radius 1 is 1.09 bits per heavy atom. The van der Waals surface area contributed by atoms with Crippen LogP contribution in [0.4, 0.5) is 0 Å². The summed E-state index contributed by atoms with van der Waals surface area (Å²) >= 11 is 10.8. The lowest BCUT2D eigenvalue weighted by Gasteiger charge is -2.07. The van der Waals surface area contributed by atoms with E-state index >= 15 is 0 Å². The number of hydrazine groups is 1. The van der Waals surface area contributed by atoms with Gasteiger partial charge < -0.3 is 0 Å². The lowest BCUT2D eigenvalue weighted by atomic mass is 10.2. The summed E-state index contributed by atoms with van der Waals surface area (Å²) in [5.74, 6) is -0.579. The van der Waals surface area contributed by atoms with Crippen LogP contribution < -0.4 is 10.9 Å². The lowest BCUT2D eigenvalue weighted by Crippen LogP contribution is -2.41. The van der Waals surface area contributed by atoms with Gasteiger partial charge in [0.25, 0.3) is 5.91 Å². The van der Waals surface area contributed by atoms with E-state index in [1.165, 1.54) is 4.88 Å². The fourth-order valence-corrected chi connectivity index (χ4v) is 3.42. The molecule has 0 aliphatic carbocycles. The third-order valence-corrected chi connectivity index (χ3v) is 4.81. The minimum atomic E-state index is -0.368. The van der Waals surface area contributed by atoms with Crippen LogP contribution in [0.2, 0.25) is 5.02 Å². The molecule has 1 aromatic carbocycles. The maximum absolute atomic E-state index is 11.8. The normalized spacial score (nSPS) is 10.3. The summed E-state index contributed by atoms with van der Waals surface area (Å²) in [6, 6.07) is 10.5. The molecule has 0 unspecified atom stereocenters. The predicted octanol–water partition coefficient (Wildman–Crippen LogP) is 3.95. The van der Waals surface area contributed by atoms with E-state index in [0.29, 0.717) is 17.0 Å². The number of carbonyl (C=O) groups is 2. The molecule has 0 aliphatic rings. The Bertz CT molecular complexity index is 658. The highest BCUT2D eigenvalue weighted by atomic mass is 79.9. The lowest BCUT2D eigenvalue weighted by molar-refractivity contribution is -0.121. The fraction of sp³-hybridized carbons (Fsp3) is 0.200. The number of thiophene rings is 1. The molecule has 0 spiro atoms. The molecule has 0 saturated carbocycles. The average Bonchev–Trinajstić information content (AvgIpc) is 2.91. The zero-order valence-electron chi connectivity index (χ0n) is 11.6. The first kappa shape index (κ1) is 17.0. The second-order valence-corrected chi connectivity index (χ2v) is 7.55. The van der Waals surface area contributed by atoms with Crippen molar-refractivity contribution in [2.45, 2.75) is 19.3 Å². The molecule has 7 heteroatoms. The molecule has 0 aliphatic heterocycles. The molecular formula is C15H14BrClN2O2S. The summed E-state index contributed by atoms with van der Waals surface area (Å²) in [5.41, 5.74) is 5.23. The van der Waals surface area contributed by atoms with Crippen LogP contribution >= 0.6 is 38.9 Å². The molecule has 2 rings (SSSR count). The van der Waals surface area contributed by atoms with Gasteiger partial charge >= 0.3 is 0 Å². The molecule has 0 bridgehead atoms. The molecule has 2 amide bonds. The summed E-state index contributed by atoms with van der Waals surface area (Å²) in [6.07, 6.45) is 1.93. The maximum Gasteiger partial charge on any atom is 0.269 e. The molecule has 116 valence electrons. The standard InChI is InChI=1S/C15H14BrClN2O2S/c16-13-9-8-12(22-13)2-1-3-14(20)18-19-15(21)10-4-6-11(17)7-5-10/h4-9H,1-3H2,(H,18,20)(H,19,21). The zero-order valence-corrected chi connectivity index (χ0v) is 14.7. The van der Waals surface area contributed by atoms with E-state index in [2.05, 4.69) is 26.8 Å². The Morgan fingerprint density at radius 2 is 1.82 bits per heavy atom. The summed E-state index contributed by atoms with van der Waals surface area (Å²) < 4.78 is 1.09. The van der Waals surface area contributed by atoms with Crippen LogP contribution in [0.25, 0.3) is 0 Å². The van der Waals surface area contributed by atoms with Crippen molar-refractivity contribution in [2.24, 2.45) is 0 Å². The molecule has 22 heavy (non-hydrogen) atoms. The number of rotatable bonds is 5. The summed E-state index contributed by atoms with van der Waals surface area (Å²) in [7, 11) is 0. The SMILES string of the molecule is O=C(CCCc1ccc(Br)s1)NNC(=O)c1ccc(Cl)cc1. The third-order valence-electron chi connectivity index (χ3n) is 2.88. The highest BCUT2D eigenvalue weighted by Gasteiger charge is 2.07. The van der Waals surface area contributed by atoms with E-state index in [-0.39, 0.29) is 11.8 Å². The van der Waals surface area contributed by atoms with Gasteiger partial charge in [-0.2, -0.15) is 0 Å². The Kier molecular flexibility index (Phi) is 6.42. The zero-order chi connectivity index (χ0) is 15.9. The molecule has 1 heterocycles. The van der Waals surface area contributed by atoms with E-state index in [4.69, 9.17) is 11.6 Å². The molecule has 0 saturated heterocycles. The van der Waals surface area contributed by atoms with Gasteiger partial charge in [-0.05, 0) is 65.2 Å². The molecule has 0 radical (unpaired) electrons. The second kappa shape index (κ2) is 8.31. The smallest absolute Gasteiger partial charge is 0.269 e. The monoisotopic (exact) mass is 400 g/mol. The van der Waals surface area contributed by atoms with E-state index in [1.807, 2.05) is 12.1 Å². The first-order chi connectivity index (χ1) is 10.5. The quantitative estimate of drug-likeness (QED) is 0.745. The van der Waals surface area contributed by atoms with Gasteiger partial charge in [-0.15, -0.1) is 11.3 Å². The van der Waals surface area contributed by atoms with Crippen LogP contribution in [0, 0.1) is 0 Å². The van der Waals surface area contributed by atoms with Gasteiger partial charge in [-0.1, -0.05) is 11.6 Å². The number of aryl methyl sites for hydroxylation is 1. The minimum absolute atomic E-state index is 0.210. The van der Waals surface area contributed by atoms with Crippen molar-refractivity contribution in [3.8, 4) is 0 Å². The van der Waals surface area contributed by atoms with Crippen molar-refractivity contribution in [1.29, 1.82) is 0 Å². The summed E-state index contributed by atoms with van der Waals surface area (Å²) in [4.78, 5) is 24.7. The number of halogens is 2. The topological polar surface area (TPSA) is 58.2 Å². The molecule has 1 aromatic heterocycles. The average molecular weight is 402 g/mol. The van der Waals surface area contributed by atoms with Crippen molar-refractivity contribution in [3.63, 3.8) is 0 Å². The Hall–Kier alpha value is -1.37. The van der Waals surface area contributed by atoms with Gasteiger partial charge in [-0.3, -0.25) is 20.4 Å². The van der Waals surface area contributed by atoms with E-state index < -0.39 is 0 Å². The van der Waals surface area contributed by atoms with Gasteiger partial charge in [0.05, 0.1) is 3.79 Å². The Labute approximate surface area is 146 Å².